The Labute approximate surface area is 164 Å². The quantitative estimate of drug-likeness (QED) is 0.503. The Morgan fingerprint density at radius 1 is 0.964 bits per heavy atom. The summed E-state index contributed by atoms with van der Waals surface area (Å²) in [5, 5.41) is 1.03. The second-order valence-electron chi connectivity index (χ2n) is 6.55. The molecule has 0 saturated carbocycles. The molecule has 3 aromatic carbocycles. The summed E-state index contributed by atoms with van der Waals surface area (Å²) in [4.78, 5) is 18.4. The van der Waals surface area contributed by atoms with Gasteiger partial charge in [0.1, 0.15) is 5.75 Å². The lowest BCUT2D eigenvalue weighted by molar-refractivity contribution is 0.0985. The first kappa shape index (κ1) is 17.9. The molecule has 1 N–H and O–H groups in total. The van der Waals surface area contributed by atoms with Crippen LogP contribution in [0.4, 0.5) is 5.69 Å². The number of hydrogen-bond donors (Lipinski definition) is 1. The third-order valence-electron chi connectivity index (χ3n) is 4.96. The summed E-state index contributed by atoms with van der Waals surface area (Å²) in [5.41, 5.74) is 4.54. The van der Waals surface area contributed by atoms with Gasteiger partial charge in [0.05, 0.1) is 18.4 Å². The molecule has 4 heteroatoms. The van der Waals surface area contributed by atoms with E-state index in [4.69, 9.17) is 4.74 Å². The molecule has 0 spiro atoms. The largest absolute Gasteiger partial charge is 0.496 e. The Hall–Kier alpha value is -3.53. The topological polar surface area (TPSA) is 45.3 Å². The Morgan fingerprint density at radius 3 is 2.46 bits per heavy atom. The van der Waals surface area contributed by atoms with Crippen molar-refractivity contribution in [1.82, 2.24) is 4.98 Å². The number of nitrogens with one attached hydrogen (secondary N) is 1. The maximum absolute atomic E-state index is 13.4. The van der Waals surface area contributed by atoms with E-state index >= 15 is 0 Å². The van der Waals surface area contributed by atoms with E-state index in [2.05, 4.69) is 4.98 Å². The van der Waals surface area contributed by atoms with Gasteiger partial charge in [-0.3, -0.25) is 4.79 Å². The maximum Gasteiger partial charge on any atom is 0.262 e. The molecule has 140 valence electrons. The van der Waals surface area contributed by atoms with Crippen molar-refractivity contribution in [1.29, 1.82) is 0 Å². The van der Waals surface area contributed by atoms with Gasteiger partial charge in [0, 0.05) is 23.6 Å². The number of hydrogen-bond acceptors (Lipinski definition) is 2. The van der Waals surface area contributed by atoms with Crippen molar-refractivity contribution in [2.75, 3.05) is 18.6 Å². The summed E-state index contributed by atoms with van der Waals surface area (Å²) >= 11 is 0. The van der Waals surface area contributed by atoms with Crippen LogP contribution in [0.25, 0.3) is 22.0 Å². The molecule has 0 saturated heterocycles. The summed E-state index contributed by atoms with van der Waals surface area (Å²) in [6.07, 6.45) is 1.89. The third-order valence-corrected chi connectivity index (χ3v) is 4.96. The van der Waals surface area contributed by atoms with Gasteiger partial charge in [0.2, 0.25) is 0 Å². The van der Waals surface area contributed by atoms with Gasteiger partial charge in [-0.15, -0.1) is 0 Å². The van der Waals surface area contributed by atoms with Crippen LogP contribution in [0, 0.1) is 0 Å². The Kier molecular flexibility index (Phi) is 4.85. The SMILES string of the molecule is CCN(C(=O)c1ccc(-c2ccccc2)cc1OC)c1c[nH]c2ccccc12. The molecule has 4 aromatic rings. The van der Waals surface area contributed by atoms with Gasteiger partial charge in [-0.25, -0.2) is 0 Å². The molecule has 0 aliphatic rings. The summed E-state index contributed by atoms with van der Waals surface area (Å²) < 4.78 is 5.57. The molecular weight excluding hydrogens is 348 g/mol. The van der Waals surface area contributed by atoms with Crippen LogP contribution in [0.15, 0.2) is 79.0 Å². The van der Waals surface area contributed by atoms with Crippen molar-refractivity contribution >= 4 is 22.5 Å². The molecule has 1 aromatic heterocycles. The number of nitrogens with zero attached hydrogens (tertiary/aromatic N) is 1. The number of fused-ring (bicyclic) bond motifs is 1. The number of amides is 1. The van der Waals surface area contributed by atoms with E-state index in [0.29, 0.717) is 17.9 Å². The van der Waals surface area contributed by atoms with E-state index in [9.17, 15) is 4.79 Å². The number of H-pyrrole nitrogens is 1. The van der Waals surface area contributed by atoms with Crippen LogP contribution in [0.3, 0.4) is 0 Å². The molecule has 4 nitrogen and oxygen atoms in total. The summed E-state index contributed by atoms with van der Waals surface area (Å²) in [7, 11) is 1.60. The number of carbonyl (C=O) groups excluding carboxylic acids is 1. The third kappa shape index (κ3) is 3.14. The second-order valence-corrected chi connectivity index (χ2v) is 6.55. The summed E-state index contributed by atoms with van der Waals surface area (Å²) in [6.45, 7) is 2.54. The van der Waals surface area contributed by atoms with Crippen molar-refractivity contribution in [2.24, 2.45) is 0 Å². The minimum Gasteiger partial charge on any atom is -0.496 e. The van der Waals surface area contributed by atoms with E-state index in [1.807, 2.05) is 85.9 Å². The number of carbonyl (C=O) groups is 1. The predicted octanol–water partition coefficient (Wildman–Crippen LogP) is 5.51. The number of methoxy groups -OCH3 is 1. The summed E-state index contributed by atoms with van der Waals surface area (Å²) in [5.74, 6) is 0.494. The predicted molar refractivity (Wildman–Crippen MR) is 114 cm³/mol. The monoisotopic (exact) mass is 370 g/mol. The average Bonchev–Trinajstić information content (AvgIpc) is 3.18. The van der Waals surface area contributed by atoms with Gasteiger partial charge in [-0.2, -0.15) is 0 Å². The zero-order valence-electron chi connectivity index (χ0n) is 16.0. The molecule has 4 rings (SSSR count). The molecule has 28 heavy (non-hydrogen) atoms. The van der Waals surface area contributed by atoms with Crippen molar-refractivity contribution in [2.45, 2.75) is 6.92 Å². The number of aromatic nitrogens is 1. The van der Waals surface area contributed by atoms with Crippen LogP contribution >= 0.6 is 0 Å². The van der Waals surface area contributed by atoms with Gasteiger partial charge in [0.25, 0.3) is 5.91 Å². The fourth-order valence-corrected chi connectivity index (χ4v) is 3.53. The molecule has 0 radical (unpaired) electrons. The maximum atomic E-state index is 13.4. The number of benzene rings is 3. The van der Waals surface area contributed by atoms with E-state index in [-0.39, 0.29) is 5.91 Å². The minimum absolute atomic E-state index is 0.0799. The van der Waals surface area contributed by atoms with E-state index in [1.165, 1.54) is 0 Å². The van der Waals surface area contributed by atoms with E-state index in [1.54, 1.807) is 12.0 Å². The molecule has 0 aliphatic heterocycles. The van der Waals surface area contributed by atoms with Crippen LogP contribution in [-0.2, 0) is 0 Å². The minimum atomic E-state index is -0.0799. The zero-order valence-corrected chi connectivity index (χ0v) is 16.0. The number of anilines is 1. The van der Waals surface area contributed by atoms with Crippen molar-refractivity contribution < 1.29 is 9.53 Å². The highest BCUT2D eigenvalue weighted by atomic mass is 16.5. The molecule has 1 amide bonds. The van der Waals surface area contributed by atoms with Crippen molar-refractivity contribution in [3.8, 4) is 16.9 Å². The number of para-hydroxylation sites is 1. The van der Waals surface area contributed by atoms with Gasteiger partial charge in [-0.05, 0) is 36.2 Å². The number of rotatable bonds is 5. The zero-order chi connectivity index (χ0) is 19.5. The Bertz CT molecular complexity index is 1120. The van der Waals surface area contributed by atoms with Crippen LogP contribution in [0.2, 0.25) is 0 Å². The van der Waals surface area contributed by atoms with Crippen molar-refractivity contribution in [3.05, 3.63) is 84.6 Å². The molecule has 0 atom stereocenters. The van der Waals surface area contributed by atoms with Crippen LogP contribution < -0.4 is 9.64 Å². The molecule has 0 fully saturated rings. The Morgan fingerprint density at radius 2 is 1.71 bits per heavy atom. The van der Waals surface area contributed by atoms with Gasteiger partial charge in [-0.1, -0.05) is 54.6 Å². The van der Waals surface area contributed by atoms with Gasteiger partial charge in [0.15, 0.2) is 0 Å². The average molecular weight is 370 g/mol. The number of ether oxygens (including phenoxy) is 1. The number of aromatic amines is 1. The van der Waals surface area contributed by atoms with E-state index in [0.717, 1.165) is 27.7 Å². The summed E-state index contributed by atoms with van der Waals surface area (Å²) in [6, 6.07) is 23.8. The lowest BCUT2D eigenvalue weighted by atomic mass is 10.0. The molecular formula is C24H22N2O2. The fourth-order valence-electron chi connectivity index (χ4n) is 3.53. The normalized spacial score (nSPS) is 10.8. The highest BCUT2D eigenvalue weighted by Gasteiger charge is 2.22. The van der Waals surface area contributed by atoms with Crippen LogP contribution in [0.1, 0.15) is 17.3 Å². The first-order valence-corrected chi connectivity index (χ1v) is 9.34. The van der Waals surface area contributed by atoms with Crippen molar-refractivity contribution in [3.63, 3.8) is 0 Å². The van der Waals surface area contributed by atoms with Crippen LogP contribution in [0.5, 0.6) is 5.75 Å². The highest BCUT2D eigenvalue weighted by Crippen LogP contribution is 2.32. The smallest absolute Gasteiger partial charge is 0.262 e. The van der Waals surface area contributed by atoms with Gasteiger partial charge >= 0.3 is 0 Å². The molecule has 0 unspecified atom stereocenters. The highest BCUT2D eigenvalue weighted by molar-refractivity contribution is 6.12. The molecule has 0 bridgehead atoms. The standard InChI is InChI=1S/C24H22N2O2/c1-3-26(22-16-25-21-12-8-7-11-19(21)22)24(27)20-14-13-18(15-23(20)28-2)17-9-5-4-6-10-17/h4-16,25H,3H2,1-2H3. The fraction of sp³-hybridized carbons (Fsp3) is 0.125. The van der Waals surface area contributed by atoms with Gasteiger partial charge < -0.3 is 14.6 Å². The van der Waals surface area contributed by atoms with Crippen LogP contribution in [-0.4, -0.2) is 24.5 Å². The Balaban J connectivity index is 1.74. The lowest BCUT2D eigenvalue weighted by Crippen LogP contribution is -2.30. The second kappa shape index (κ2) is 7.61. The van der Waals surface area contributed by atoms with E-state index < -0.39 is 0 Å². The lowest BCUT2D eigenvalue weighted by Gasteiger charge is -2.22. The first-order chi connectivity index (χ1) is 13.7. The molecule has 1 heterocycles. The first-order valence-electron chi connectivity index (χ1n) is 9.34. The molecule has 0 aliphatic carbocycles.